The number of ether oxygens (including phenoxy) is 2. The van der Waals surface area contributed by atoms with E-state index in [2.05, 4.69) is 30.7 Å². The molecule has 1 saturated carbocycles. The molecule has 3 aromatic carbocycles. The van der Waals surface area contributed by atoms with E-state index in [1.165, 1.54) is 11.0 Å². The number of aryl methyl sites for hydroxylation is 1. The minimum absolute atomic E-state index is 0.00301. The Morgan fingerprint density at radius 1 is 0.934 bits per heavy atom. The molecule has 4 fully saturated rings. The van der Waals surface area contributed by atoms with Crippen molar-refractivity contribution in [1.82, 2.24) is 35.6 Å². The van der Waals surface area contributed by atoms with Crippen LogP contribution in [0.1, 0.15) is 106 Å². The average molecular weight is 1070 g/mol. The molecule has 8 rings (SSSR count). The van der Waals surface area contributed by atoms with Gasteiger partial charge in [-0.25, -0.2) is 4.98 Å². The summed E-state index contributed by atoms with van der Waals surface area (Å²) in [5, 5.41) is 29.2. The maximum Gasteiger partial charge on any atom is 0.417 e. The second-order valence-corrected chi connectivity index (χ2v) is 24.5. The molecule has 4 atom stereocenters. The maximum absolute atomic E-state index is 14.3. The SMILES string of the molecule is Cc1ncsc1-c1ccc([C@H](C)NC(=O)[C@@H]2C[C@@H](O)CN2C(=O)[C@@H](NC(=O)CN2CCN(CC3(Cc4ccc(C(=O)NC5C(C)(C)C(Oc6ccc(C#N)c(C(F)(F)F)c6)C5(C)C)cc4)COC3)CC2)C(C)(C)C)cc1. The molecule has 76 heavy (non-hydrogen) atoms. The van der Waals surface area contributed by atoms with Crippen LogP contribution in [0, 0.1) is 39.9 Å². The van der Waals surface area contributed by atoms with Crippen LogP contribution in [-0.2, 0) is 31.7 Å². The van der Waals surface area contributed by atoms with E-state index in [1.807, 2.05) is 104 Å². The lowest BCUT2D eigenvalue weighted by Crippen LogP contribution is -2.74. The normalized spacial score (nSPS) is 23.0. The van der Waals surface area contributed by atoms with Crippen molar-refractivity contribution in [2.24, 2.45) is 21.7 Å². The highest BCUT2D eigenvalue weighted by Crippen LogP contribution is 2.56. The Balaban J connectivity index is 0.800. The number of thiazole rings is 1. The Morgan fingerprint density at radius 2 is 1.58 bits per heavy atom. The Morgan fingerprint density at radius 3 is 2.14 bits per heavy atom. The van der Waals surface area contributed by atoms with Gasteiger partial charge in [0, 0.05) is 73.5 Å². The second kappa shape index (κ2) is 21.8. The van der Waals surface area contributed by atoms with E-state index >= 15 is 0 Å². The van der Waals surface area contributed by atoms with Gasteiger partial charge in [-0.15, -0.1) is 11.3 Å². The Bertz CT molecular complexity index is 2800. The summed E-state index contributed by atoms with van der Waals surface area (Å²) >= 11 is 1.57. The van der Waals surface area contributed by atoms with Crippen LogP contribution >= 0.6 is 11.3 Å². The minimum atomic E-state index is -4.72. The van der Waals surface area contributed by atoms with Crippen molar-refractivity contribution in [3.63, 3.8) is 0 Å². The van der Waals surface area contributed by atoms with Gasteiger partial charge >= 0.3 is 6.18 Å². The lowest BCUT2D eigenvalue weighted by atomic mass is 9.49. The lowest BCUT2D eigenvalue weighted by molar-refractivity contribution is -0.164. The van der Waals surface area contributed by atoms with Crippen LogP contribution in [0.3, 0.4) is 0 Å². The van der Waals surface area contributed by atoms with Crippen molar-refractivity contribution in [2.45, 2.75) is 118 Å². The number of likely N-dealkylation sites (tertiary alicyclic amines) is 1. The summed E-state index contributed by atoms with van der Waals surface area (Å²) in [5.74, 6) is -1.34. The number of benzene rings is 3. The number of β-amino-alcohol motifs (C(OH)–C–C–N with tert-alkyl or cyclic N) is 1. The molecule has 1 aliphatic carbocycles. The largest absolute Gasteiger partial charge is 0.489 e. The van der Waals surface area contributed by atoms with Crippen molar-refractivity contribution in [3.8, 4) is 22.3 Å². The maximum atomic E-state index is 14.3. The highest BCUT2D eigenvalue weighted by molar-refractivity contribution is 7.13. The van der Waals surface area contributed by atoms with Crippen molar-refractivity contribution in [2.75, 3.05) is 59.0 Å². The highest BCUT2D eigenvalue weighted by Gasteiger charge is 2.64. The van der Waals surface area contributed by atoms with Gasteiger partial charge in [0.2, 0.25) is 17.7 Å². The molecule has 4 amide bonds. The van der Waals surface area contributed by atoms with Gasteiger partial charge in [0.15, 0.2) is 0 Å². The second-order valence-electron chi connectivity index (χ2n) is 23.7. The topological polar surface area (TPSA) is 189 Å². The summed E-state index contributed by atoms with van der Waals surface area (Å²) in [7, 11) is 0. The van der Waals surface area contributed by atoms with E-state index in [-0.39, 0.29) is 60.5 Å². The van der Waals surface area contributed by atoms with Crippen LogP contribution < -0.4 is 20.7 Å². The number of aromatic nitrogens is 1. The number of piperazine rings is 1. The number of aliphatic hydroxyl groups is 1. The van der Waals surface area contributed by atoms with Gasteiger partial charge in [0.05, 0.1) is 65.2 Å². The first kappa shape index (κ1) is 56.3. The summed E-state index contributed by atoms with van der Waals surface area (Å²) in [6, 6.07) is 17.8. The Labute approximate surface area is 447 Å². The highest BCUT2D eigenvalue weighted by atomic mass is 32.1. The molecule has 0 bridgehead atoms. The molecule has 0 unspecified atom stereocenters. The van der Waals surface area contributed by atoms with E-state index in [1.54, 1.807) is 29.5 Å². The molecule has 4 aliphatic rings. The first-order valence-electron chi connectivity index (χ1n) is 26.0. The van der Waals surface area contributed by atoms with Gasteiger partial charge in [0.1, 0.15) is 23.9 Å². The molecule has 15 nitrogen and oxygen atoms in total. The zero-order valence-corrected chi connectivity index (χ0v) is 45.7. The van der Waals surface area contributed by atoms with Gasteiger partial charge in [0.25, 0.3) is 5.91 Å². The summed E-state index contributed by atoms with van der Waals surface area (Å²) in [6.45, 7) is 21.9. The first-order valence-corrected chi connectivity index (χ1v) is 26.9. The van der Waals surface area contributed by atoms with Crippen LogP contribution in [0.4, 0.5) is 13.2 Å². The summed E-state index contributed by atoms with van der Waals surface area (Å²) in [4.78, 5) is 66.8. The molecular formula is C57H71F3N8O7S. The number of rotatable bonds is 16. The van der Waals surface area contributed by atoms with Gasteiger partial charge in [-0.3, -0.25) is 24.1 Å². The Kier molecular flexibility index (Phi) is 16.2. The fraction of sp³-hybridized carbons (Fsp3) is 0.544. The molecule has 19 heteroatoms. The van der Waals surface area contributed by atoms with E-state index in [0.717, 1.165) is 65.4 Å². The molecule has 3 saturated heterocycles. The lowest BCUT2D eigenvalue weighted by Gasteiger charge is -2.63. The zero-order valence-electron chi connectivity index (χ0n) is 44.8. The minimum Gasteiger partial charge on any atom is -0.489 e. The predicted molar refractivity (Wildman–Crippen MR) is 282 cm³/mol. The molecule has 0 radical (unpaired) electrons. The number of alkyl halides is 3. The average Bonchev–Trinajstić information content (AvgIpc) is 3.98. The smallest absolute Gasteiger partial charge is 0.417 e. The zero-order chi connectivity index (χ0) is 55.1. The Hall–Kier alpha value is -5.91. The molecule has 408 valence electrons. The monoisotopic (exact) mass is 1070 g/mol. The number of hydrogen-bond donors (Lipinski definition) is 4. The predicted octanol–water partition coefficient (Wildman–Crippen LogP) is 7.17. The van der Waals surface area contributed by atoms with Crippen LogP contribution in [0.25, 0.3) is 10.4 Å². The fourth-order valence-corrected chi connectivity index (χ4v) is 12.7. The van der Waals surface area contributed by atoms with E-state index in [4.69, 9.17) is 9.47 Å². The molecule has 0 spiro atoms. The number of aliphatic hydroxyl groups excluding tert-OH is 1. The third-order valence-corrected chi connectivity index (χ3v) is 16.8. The first-order chi connectivity index (χ1) is 35.7. The van der Waals surface area contributed by atoms with Crippen LogP contribution in [0.5, 0.6) is 5.75 Å². The number of carbonyl (C=O) groups excluding carboxylic acids is 4. The van der Waals surface area contributed by atoms with E-state index in [9.17, 15) is 42.7 Å². The number of amides is 4. The van der Waals surface area contributed by atoms with Gasteiger partial charge in [-0.1, -0.05) is 84.9 Å². The standard InChI is InChI=1S/C57H71F3N8O7S/c1-34(37-14-16-38(17-15-37)46-35(2)62-33-76-46)63-49(72)44-24-41(69)28-68(44)50(73)47(53(3,4)5)64-45(70)29-66-20-22-67(23-21-66)30-56(31-74-32-56)26-36-10-12-39(13-11-36)48(71)65-51-54(6,7)52(55(51,8)9)75-42-19-18-40(27-61)43(25-42)57(58,59)60/h10-19,25,33-34,41,44,47,51-52,69H,20-24,26,28-32H2,1-9H3,(H,63,72)(H,64,70)(H,65,71)/t34-,41+,44-,47+,51?,52?/m0/s1. The molecule has 3 aliphatic heterocycles. The summed E-state index contributed by atoms with van der Waals surface area (Å²) in [6.07, 6.45) is -5.30. The molecular weight excluding hydrogens is 998 g/mol. The molecule has 4 heterocycles. The molecule has 4 N–H and O–H groups in total. The number of carbonyl (C=O) groups is 4. The number of halogens is 3. The van der Waals surface area contributed by atoms with Gasteiger partial charge in [-0.2, -0.15) is 18.4 Å². The third-order valence-electron chi connectivity index (χ3n) is 15.8. The van der Waals surface area contributed by atoms with Crippen molar-refractivity contribution in [1.29, 1.82) is 5.26 Å². The third kappa shape index (κ3) is 12.1. The number of nitriles is 1. The number of nitrogens with one attached hydrogen (secondary N) is 3. The van der Waals surface area contributed by atoms with Crippen LogP contribution in [0.2, 0.25) is 0 Å². The summed E-state index contributed by atoms with van der Waals surface area (Å²) in [5.41, 5.74) is 2.61. The van der Waals surface area contributed by atoms with Gasteiger partial charge in [-0.05, 0) is 72.7 Å². The van der Waals surface area contributed by atoms with Crippen molar-refractivity contribution in [3.05, 3.63) is 106 Å². The van der Waals surface area contributed by atoms with E-state index < -0.39 is 63.7 Å². The fourth-order valence-electron chi connectivity index (χ4n) is 11.9. The van der Waals surface area contributed by atoms with Crippen molar-refractivity contribution >= 4 is 35.0 Å². The van der Waals surface area contributed by atoms with Crippen molar-refractivity contribution < 1.29 is 46.9 Å². The van der Waals surface area contributed by atoms with Crippen LogP contribution in [0.15, 0.2) is 72.2 Å². The molecule has 1 aromatic heterocycles. The summed E-state index contributed by atoms with van der Waals surface area (Å²) < 4.78 is 53.0. The number of hydrogen-bond acceptors (Lipinski definition) is 12. The number of nitrogens with zero attached hydrogens (tertiary/aromatic N) is 5. The molecule has 4 aromatic rings. The van der Waals surface area contributed by atoms with Crippen LogP contribution in [-0.4, -0.2) is 138 Å². The van der Waals surface area contributed by atoms with Gasteiger partial charge < -0.3 is 40.3 Å². The quantitative estimate of drug-likeness (QED) is 0.0891. The van der Waals surface area contributed by atoms with E-state index in [0.29, 0.717) is 31.9 Å².